The molecule has 13 nitrogen and oxygen atoms in total. The second-order valence-corrected chi connectivity index (χ2v) is 19.0. The van der Waals surface area contributed by atoms with Crippen molar-refractivity contribution in [3.63, 3.8) is 0 Å². The SMILES string of the molecule is CC[C@@H](C)C(=O)O[C@H]1/C=C\C=C\C(=O)O[C@@H]2[C@H](C)C[C@@H]3[C@]2(O)[C@H](O)[C@]2(CO)O[C@@H]2[C@@H]2[C@@H]4O[C@@]5(c6ccccc6)O[C@H]([C@H](C)[C@]23O5)[C@]4(O)[C@@](C)(O)C[C@H]2CC[C@H]1[C@H]2C. The molecule has 5 heterocycles. The van der Waals surface area contributed by atoms with E-state index in [0.29, 0.717) is 24.8 Å². The van der Waals surface area contributed by atoms with Crippen LogP contribution in [0.4, 0.5) is 0 Å². The van der Waals surface area contributed by atoms with Gasteiger partial charge in [-0.15, -0.1) is 0 Å². The van der Waals surface area contributed by atoms with Gasteiger partial charge in [-0.2, -0.15) is 0 Å². The van der Waals surface area contributed by atoms with Crippen molar-refractivity contribution in [3.8, 4) is 0 Å². The van der Waals surface area contributed by atoms with Crippen molar-refractivity contribution in [1.29, 1.82) is 0 Å². The van der Waals surface area contributed by atoms with Crippen LogP contribution in [0.25, 0.3) is 0 Å². The molecule has 20 atom stereocenters. The molecule has 0 amide bonds. The van der Waals surface area contributed by atoms with Crippen LogP contribution in [0, 0.1) is 47.3 Å². The number of hydrogen-bond donors (Lipinski definition) is 5. The number of hydrogen-bond acceptors (Lipinski definition) is 13. The third-order valence-electron chi connectivity index (χ3n) is 16.2. The van der Waals surface area contributed by atoms with Gasteiger partial charge in [0.05, 0.1) is 23.7 Å². The first-order valence-electron chi connectivity index (χ1n) is 21.0. The number of rotatable bonds is 5. The Bertz CT molecular complexity index is 1830. The van der Waals surface area contributed by atoms with Crippen molar-refractivity contribution < 1.29 is 63.5 Å². The lowest BCUT2D eigenvalue weighted by molar-refractivity contribution is -0.595. The Balaban J connectivity index is 1.23. The minimum Gasteiger partial charge on any atom is -0.458 e. The van der Waals surface area contributed by atoms with E-state index in [4.69, 9.17) is 28.4 Å². The van der Waals surface area contributed by atoms with E-state index in [1.165, 1.54) is 12.2 Å². The number of carbonyl (C=O) groups is 2. The predicted molar refractivity (Wildman–Crippen MR) is 200 cm³/mol. The van der Waals surface area contributed by atoms with Crippen molar-refractivity contribution in [2.24, 2.45) is 47.3 Å². The molecule has 9 aliphatic rings. The first-order valence-corrected chi connectivity index (χ1v) is 21.0. The number of allylic oxidation sites excluding steroid dienone is 2. The summed E-state index contributed by atoms with van der Waals surface area (Å²) in [5.41, 5.74) is -8.82. The highest BCUT2D eigenvalue weighted by Gasteiger charge is 2.91. The number of esters is 2. The Morgan fingerprint density at radius 3 is 2.40 bits per heavy atom. The van der Waals surface area contributed by atoms with Gasteiger partial charge in [0.15, 0.2) is 0 Å². The van der Waals surface area contributed by atoms with E-state index in [-0.39, 0.29) is 42.5 Å². The van der Waals surface area contributed by atoms with Gasteiger partial charge in [-0.25, -0.2) is 4.79 Å². The molecule has 10 rings (SSSR count). The Kier molecular flexibility index (Phi) is 9.16. The lowest BCUT2D eigenvalue weighted by Gasteiger charge is -2.74. The normalized spacial score (nSPS) is 54.9. The third kappa shape index (κ3) is 5.13. The van der Waals surface area contributed by atoms with Gasteiger partial charge in [0.25, 0.3) is 0 Å². The second-order valence-electron chi connectivity index (χ2n) is 19.0. The van der Waals surface area contributed by atoms with Crippen LogP contribution < -0.4 is 0 Å². The van der Waals surface area contributed by atoms with Crippen LogP contribution in [0.1, 0.15) is 79.2 Å². The van der Waals surface area contributed by atoms with Gasteiger partial charge >= 0.3 is 17.9 Å². The fraction of sp³-hybridized carbons (Fsp3) is 0.727. The predicted octanol–water partition coefficient (Wildman–Crippen LogP) is 3.04. The van der Waals surface area contributed by atoms with E-state index in [1.807, 2.05) is 45.9 Å². The maximum atomic E-state index is 13.7. The molecule has 1 aromatic rings. The summed E-state index contributed by atoms with van der Waals surface area (Å²) in [6, 6.07) is 9.05. The molecular weight excluding hydrogens is 736 g/mol. The van der Waals surface area contributed by atoms with Gasteiger partial charge in [0.2, 0.25) is 0 Å². The molecule has 0 radical (unpaired) electrons. The Morgan fingerprint density at radius 2 is 1.70 bits per heavy atom. The first-order chi connectivity index (χ1) is 27.0. The summed E-state index contributed by atoms with van der Waals surface area (Å²) < 4.78 is 39.6. The van der Waals surface area contributed by atoms with E-state index in [9.17, 15) is 35.1 Å². The molecule has 1 spiro atoms. The number of ether oxygens (including phenoxy) is 6. The van der Waals surface area contributed by atoms with Gasteiger partial charge in [-0.3, -0.25) is 4.79 Å². The van der Waals surface area contributed by atoms with Crippen molar-refractivity contribution in [2.75, 3.05) is 6.61 Å². The van der Waals surface area contributed by atoms with E-state index in [1.54, 1.807) is 31.2 Å². The minimum atomic E-state index is -2.21. The number of aliphatic hydroxyl groups excluding tert-OH is 2. The maximum Gasteiger partial charge on any atom is 0.331 e. The van der Waals surface area contributed by atoms with Gasteiger partial charge in [0, 0.05) is 35.3 Å². The number of fused-ring (bicyclic) bond motifs is 3. The zero-order valence-electron chi connectivity index (χ0n) is 33.5. The topological polar surface area (TPSA) is 194 Å². The molecule has 8 fully saturated rings. The van der Waals surface area contributed by atoms with E-state index < -0.39 is 107 Å². The highest BCUT2D eigenvalue weighted by molar-refractivity contribution is 5.82. The molecule has 0 unspecified atom stereocenters. The van der Waals surface area contributed by atoms with Crippen LogP contribution in [0.5, 0.6) is 0 Å². The molecule has 4 saturated carbocycles. The Labute approximate surface area is 333 Å². The molecule has 1 aromatic carbocycles. The van der Waals surface area contributed by atoms with Crippen molar-refractivity contribution >= 4 is 11.9 Å². The molecule has 4 aliphatic carbocycles. The van der Waals surface area contributed by atoms with Crippen molar-refractivity contribution in [2.45, 2.75) is 144 Å². The first kappa shape index (κ1) is 39.7. The van der Waals surface area contributed by atoms with Crippen LogP contribution in [0.15, 0.2) is 54.6 Å². The summed E-state index contributed by atoms with van der Waals surface area (Å²) in [7, 11) is 0. The summed E-state index contributed by atoms with van der Waals surface area (Å²) >= 11 is 0. The number of carbonyl (C=O) groups excluding carboxylic acids is 2. The zero-order valence-corrected chi connectivity index (χ0v) is 33.5. The van der Waals surface area contributed by atoms with E-state index in [0.717, 1.165) is 0 Å². The highest BCUT2D eigenvalue weighted by atomic mass is 16.9. The highest BCUT2D eigenvalue weighted by Crippen LogP contribution is 2.75. The maximum absolute atomic E-state index is 13.7. The molecule has 5 N–H and O–H groups in total. The second kappa shape index (κ2) is 13.1. The summed E-state index contributed by atoms with van der Waals surface area (Å²) in [5, 5.41) is 63.3. The summed E-state index contributed by atoms with van der Waals surface area (Å²) in [6.07, 6.45) is 1.52. The van der Waals surface area contributed by atoms with Gasteiger partial charge < -0.3 is 54.0 Å². The largest absolute Gasteiger partial charge is 0.458 e. The van der Waals surface area contributed by atoms with Gasteiger partial charge in [-0.05, 0) is 62.9 Å². The minimum absolute atomic E-state index is 0.0639. The average molecular weight is 795 g/mol. The third-order valence-corrected chi connectivity index (χ3v) is 16.2. The number of benzene rings is 1. The lowest BCUT2D eigenvalue weighted by Crippen LogP contribution is -2.89. The molecule has 0 aromatic heterocycles. The zero-order chi connectivity index (χ0) is 40.7. The Hall–Kier alpha value is -2.72. The van der Waals surface area contributed by atoms with Crippen molar-refractivity contribution in [3.05, 3.63) is 60.2 Å². The molecule has 4 saturated heterocycles. The Morgan fingerprint density at radius 1 is 0.982 bits per heavy atom. The molecule has 57 heavy (non-hydrogen) atoms. The quantitative estimate of drug-likeness (QED) is 0.216. The van der Waals surface area contributed by atoms with E-state index >= 15 is 0 Å². The molecule has 312 valence electrons. The molecule has 10 bridgehead atoms. The van der Waals surface area contributed by atoms with Crippen LogP contribution in [0.2, 0.25) is 0 Å². The lowest BCUT2D eigenvalue weighted by atomic mass is 9.49. The van der Waals surface area contributed by atoms with E-state index in [2.05, 4.69) is 6.92 Å². The number of epoxide rings is 1. The summed E-state index contributed by atoms with van der Waals surface area (Å²) in [6.45, 7) is 10.4. The van der Waals surface area contributed by atoms with Crippen molar-refractivity contribution in [1.82, 2.24) is 0 Å². The number of aliphatic hydroxyl groups is 5. The van der Waals surface area contributed by atoms with Gasteiger partial charge in [0.1, 0.15) is 53.4 Å². The summed E-state index contributed by atoms with van der Waals surface area (Å²) in [5.74, 6) is -6.74. The van der Waals surface area contributed by atoms with Gasteiger partial charge in [-0.1, -0.05) is 77.1 Å². The van der Waals surface area contributed by atoms with Crippen LogP contribution in [0.3, 0.4) is 0 Å². The standard InChI is InChI=1S/C44H58O13/c1-7-22(2)37(47)52-29-15-11-12-16-31(46)53-33-23(3)19-30-41(33,50)38(48)40(21-45)35(54-40)32-36-43(51,39(6,49)20-26-17-18-28(29)24(26)4)34-25(5)42(30,32)57-44(55-34,56-36)27-13-9-8-10-14-27/h8-16,22-26,28-30,32-36,38,45,48-51H,7,17-21H2,1-6H3/b15-11-,16-12+/t22-,23-,24+,25+,26-,28+,29+,30-,32-,33-,34-,35-,36+,38-,39+,40-,41-,42-,43-,44-/m1/s1. The fourth-order valence-electron chi connectivity index (χ4n) is 12.9. The summed E-state index contributed by atoms with van der Waals surface area (Å²) in [4.78, 5) is 26.9. The monoisotopic (exact) mass is 794 g/mol. The smallest absolute Gasteiger partial charge is 0.331 e. The van der Waals surface area contributed by atoms with Crippen LogP contribution in [-0.4, -0.2) is 109 Å². The average Bonchev–Trinajstić information content (AvgIpc) is 3.75. The molecular formula is C44H58O13. The van der Waals surface area contributed by atoms with Crippen LogP contribution >= 0.6 is 0 Å². The molecule has 13 heteroatoms. The fourth-order valence-corrected chi connectivity index (χ4v) is 12.9. The molecule has 5 aliphatic heterocycles. The van der Waals surface area contributed by atoms with Crippen LogP contribution in [-0.2, 0) is 44.0 Å².